The second kappa shape index (κ2) is 6.99. The van der Waals surface area contributed by atoms with E-state index in [1.54, 1.807) is 7.11 Å². The van der Waals surface area contributed by atoms with Gasteiger partial charge in [-0.3, -0.25) is 4.90 Å². The molecule has 2 atom stereocenters. The lowest BCUT2D eigenvalue weighted by Gasteiger charge is -2.38. The fourth-order valence-corrected chi connectivity index (χ4v) is 3.23. The van der Waals surface area contributed by atoms with Crippen molar-refractivity contribution in [2.45, 2.75) is 31.5 Å². The molecule has 1 aliphatic rings. The van der Waals surface area contributed by atoms with E-state index in [1.165, 1.54) is 12.0 Å². The maximum atomic E-state index is 6.38. The van der Waals surface area contributed by atoms with Gasteiger partial charge in [0.25, 0.3) is 0 Å². The highest BCUT2D eigenvalue weighted by Gasteiger charge is 2.25. The summed E-state index contributed by atoms with van der Waals surface area (Å²) >= 11 is 0. The molecule has 2 aromatic rings. The van der Waals surface area contributed by atoms with Gasteiger partial charge in [-0.05, 0) is 49.1 Å². The second-order valence-electron chi connectivity index (χ2n) is 6.01. The number of nitrogens with two attached hydrogens (primary N) is 1. The van der Waals surface area contributed by atoms with Crippen LogP contribution in [-0.4, -0.2) is 35.8 Å². The maximum absolute atomic E-state index is 6.38. The molecule has 22 heavy (non-hydrogen) atoms. The number of methoxy groups -OCH3 is 1. The lowest BCUT2D eigenvalue weighted by molar-refractivity contribution is 0.120. The minimum atomic E-state index is 0.152. The smallest absolute Gasteiger partial charge is 0.118 e. The third kappa shape index (κ3) is 3.51. The van der Waals surface area contributed by atoms with Crippen LogP contribution in [0, 0.1) is 0 Å². The molecule has 0 spiro atoms. The summed E-state index contributed by atoms with van der Waals surface area (Å²) in [5.41, 5.74) is 7.71. The molecule has 0 amide bonds. The van der Waals surface area contributed by atoms with Gasteiger partial charge in [0.2, 0.25) is 0 Å². The molecule has 1 fully saturated rings. The molecule has 4 heteroatoms. The van der Waals surface area contributed by atoms with Crippen LogP contribution in [0.2, 0.25) is 0 Å². The number of nitrogens with zero attached hydrogens (tertiary/aromatic N) is 2. The van der Waals surface area contributed by atoms with Crippen LogP contribution >= 0.6 is 0 Å². The number of piperidine rings is 1. The van der Waals surface area contributed by atoms with Crippen LogP contribution in [0.4, 0.5) is 0 Å². The molecule has 1 aliphatic heterocycles. The summed E-state index contributed by atoms with van der Waals surface area (Å²) in [6.07, 6.45) is 7.67. The summed E-state index contributed by atoms with van der Waals surface area (Å²) in [5.74, 6) is 0.910. The second-order valence-corrected chi connectivity index (χ2v) is 6.01. The summed E-state index contributed by atoms with van der Waals surface area (Å²) in [6.45, 7) is 2.09. The fourth-order valence-electron chi connectivity index (χ4n) is 3.23. The Bertz CT molecular complexity index is 565. The topological polar surface area (TPSA) is 43.4 Å². The predicted octanol–water partition coefficient (Wildman–Crippen LogP) is 2.66. The Labute approximate surface area is 132 Å². The lowest BCUT2D eigenvalue weighted by Crippen LogP contribution is -2.48. The van der Waals surface area contributed by atoms with Crippen molar-refractivity contribution in [3.8, 4) is 5.75 Å². The highest BCUT2D eigenvalue weighted by molar-refractivity contribution is 5.27. The van der Waals surface area contributed by atoms with Gasteiger partial charge in [-0.25, -0.2) is 0 Å². The summed E-state index contributed by atoms with van der Waals surface area (Å²) in [4.78, 5) is 2.41. The van der Waals surface area contributed by atoms with Crippen molar-refractivity contribution in [3.63, 3.8) is 0 Å². The summed E-state index contributed by atoms with van der Waals surface area (Å²) in [6, 6.07) is 13.0. The number of hydrogen-bond donors (Lipinski definition) is 1. The van der Waals surface area contributed by atoms with Crippen LogP contribution in [0.1, 0.15) is 24.4 Å². The molecule has 1 aromatic heterocycles. The molecule has 4 nitrogen and oxygen atoms in total. The van der Waals surface area contributed by atoms with Crippen molar-refractivity contribution < 1.29 is 4.74 Å². The Balaban J connectivity index is 1.51. The van der Waals surface area contributed by atoms with E-state index >= 15 is 0 Å². The first-order chi connectivity index (χ1) is 10.8. The SMILES string of the molecule is COc1ccc(CCN2CCC(n3cccc3)CC2N)cc1. The van der Waals surface area contributed by atoms with Gasteiger partial charge in [-0.15, -0.1) is 0 Å². The van der Waals surface area contributed by atoms with E-state index in [2.05, 4.69) is 46.1 Å². The minimum absolute atomic E-state index is 0.152. The number of hydrogen-bond acceptors (Lipinski definition) is 3. The number of benzene rings is 1. The third-order valence-corrected chi connectivity index (χ3v) is 4.63. The van der Waals surface area contributed by atoms with E-state index in [1.807, 2.05) is 12.1 Å². The molecular formula is C18H25N3O. The number of rotatable bonds is 5. The van der Waals surface area contributed by atoms with Gasteiger partial charge in [-0.2, -0.15) is 0 Å². The predicted molar refractivity (Wildman–Crippen MR) is 88.9 cm³/mol. The van der Waals surface area contributed by atoms with Crippen molar-refractivity contribution in [2.75, 3.05) is 20.2 Å². The Hall–Kier alpha value is -1.78. The largest absolute Gasteiger partial charge is 0.497 e. The first-order valence-electron chi connectivity index (χ1n) is 8.01. The number of ether oxygens (including phenoxy) is 1. The van der Waals surface area contributed by atoms with Crippen LogP contribution in [0.5, 0.6) is 5.75 Å². The molecule has 1 saturated heterocycles. The van der Waals surface area contributed by atoms with Crippen molar-refractivity contribution in [1.29, 1.82) is 0 Å². The normalized spacial score (nSPS) is 22.6. The summed E-state index contributed by atoms with van der Waals surface area (Å²) in [5, 5.41) is 0. The molecule has 2 unspecified atom stereocenters. The van der Waals surface area contributed by atoms with Gasteiger partial charge in [0, 0.05) is 31.5 Å². The molecule has 3 rings (SSSR count). The third-order valence-electron chi connectivity index (χ3n) is 4.63. The first kappa shape index (κ1) is 15.1. The van der Waals surface area contributed by atoms with Crippen LogP contribution in [0.25, 0.3) is 0 Å². The monoisotopic (exact) mass is 299 g/mol. The summed E-state index contributed by atoms with van der Waals surface area (Å²) in [7, 11) is 1.70. The van der Waals surface area contributed by atoms with Gasteiger partial charge < -0.3 is 15.0 Å². The van der Waals surface area contributed by atoms with Gasteiger partial charge in [0.05, 0.1) is 13.3 Å². The average molecular weight is 299 g/mol. The Morgan fingerprint density at radius 3 is 2.55 bits per heavy atom. The van der Waals surface area contributed by atoms with E-state index in [-0.39, 0.29) is 6.17 Å². The highest BCUT2D eigenvalue weighted by atomic mass is 16.5. The first-order valence-corrected chi connectivity index (χ1v) is 8.01. The van der Waals surface area contributed by atoms with Gasteiger partial charge in [0.1, 0.15) is 5.75 Å². The van der Waals surface area contributed by atoms with Crippen LogP contribution in [0.3, 0.4) is 0 Å². The summed E-state index contributed by atoms with van der Waals surface area (Å²) < 4.78 is 7.49. The molecule has 0 bridgehead atoms. The van der Waals surface area contributed by atoms with E-state index in [9.17, 15) is 0 Å². The van der Waals surface area contributed by atoms with E-state index in [0.29, 0.717) is 6.04 Å². The molecule has 2 heterocycles. The van der Waals surface area contributed by atoms with Gasteiger partial charge in [0.15, 0.2) is 0 Å². The zero-order valence-electron chi connectivity index (χ0n) is 13.2. The molecule has 118 valence electrons. The zero-order chi connectivity index (χ0) is 15.4. The van der Waals surface area contributed by atoms with Crippen molar-refractivity contribution in [1.82, 2.24) is 9.47 Å². The quantitative estimate of drug-likeness (QED) is 0.923. The van der Waals surface area contributed by atoms with E-state index < -0.39 is 0 Å². The van der Waals surface area contributed by atoms with Gasteiger partial charge in [-0.1, -0.05) is 12.1 Å². The Kier molecular flexibility index (Phi) is 4.80. The van der Waals surface area contributed by atoms with E-state index in [4.69, 9.17) is 10.5 Å². The molecule has 1 aromatic carbocycles. The van der Waals surface area contributed by atoms with Crippen LogP contribution in [0.15, 0.2) is 48.8 Å². The maximum Gasteiger partial charge on any atom is 0.118 e. The van der Waals surface area contributed by atoms with Crippen LogP contribution < -0.4 is 10.5 Å². The van der Waals surface area contributed by atoms with Crippen molar-refractivity contribution >= 4 is 0 Å². The number of likely N-dealkylation sites (tertiary alicyclic amines) is 1. The van der Waals surface area contributed by atoms with Crippen LogP contribution in [-0.2, 0) is 6.42 Å². The lowest BCUT2D eigenvalue weighted by atomic mass is 10.0. The Morgan fingerprint density at radius 2 is 1.91 bits per heavy atom. The Morgan fingerprint density at radius 1 is 1.18 bits per heavy atom. The fraction of sp³-hybridized carbons (Fsp3) is 0.444. The molecule has 0 aliphatic carbocycles. The molecule has 2 N–H and O–H groups in total. The molecular weight excluding hydrogens is 274 g/mol. The van der Waals surface area contributed by atoms with E-state index in [0.717, 1.165) is 31.7 Å². The molecule has 0 saturated carbocycles. The zero-order valence-corrected chi connectivity index (χ0v) is 13.2. The average Bonchev–Trinajstić information content (AvgIpc) is 3.08. The standard InChI is InChI=1S/C18H25N3O/c1-22-17-6-4-15(5-7-17)8-12-21-13-9-16(14-18(21)19)20-10-2-3-11-20/h2-7,10-11,16,18H,8-9,12-14,19H2,1H3. The molecule has 0 radical (unpaired) electrons. The highest BCUT2D eigenvalue weighted by Crippen LogP contribution is 2.25. The minimum Gasteiger partial charge on any atom is -0.497 e. The van der Waals surface area contributed by atoms with Gasteiger partial charge >= 0.3 is 0 Å². The number of aromatic nitrogens is 1. The van der Waals surface area contributed by atoms with Crippen molar-refractivity contribution in [3.05, 3.63) is 54.4 Å². The van der Waals surface area contributed by atoms with Crippen molar-refractivity contribution in [2.24, 2.45) is 5.73 Å².